The molecule has 2 aliphatic rings. The lowest BCUT2D eigenvalue weighted by atomic mass is 9.72. The van der Waals surface area contributed by atoms with Crippen LogP contribution in [0.5, 0.6) is 0 Å². The fourth-order valence-corrected chi connectivity index (χ4v) is 3.75. The first-order valence-corrected chi connectivity index (χ1v) is 7.65. The molecule has 3 heteroatoms. The second kappa shape index (κ2) is 4.71. The second-order valence-electron chi connectivity index (χ2n) is 8.42. The Balaban J connectivity index is 2.25. The quantitative estimate of drug-likeness (QED) is 0.734. The van der Waals surface area contributed by atoms with E-state index in [9.17, 15) is 5.11 Å². The third-order valence-corrected chi connectivity index (χ3v) is 4.94. The van der Waals surface area contributed by atoms with Gasteiger partial charge in [0.25, 0.3) is 0 Å². The van der Waals surface area contributed by atoms with E-state index in [4.69, 9.17) is 4.74 Å². The first-order chi connectivity index (χ1) is 8.56. The molecule has 0 radical (unpaired) electrons. The van der Waals surface area contributed by atoms with Gasteiger partial charge in [-0.2, -0.15) is 0 Å². The SMILES string of the molecule is CC(C)(C)C1CC2(CCN1C(C)(C)C)OCCC2O. The number of piperidine rings is 1. The highest BCUT2D eigenvalue weighted by atomic mass is 16.5. The minimum atomic E-state index is -0.278. The standard InChI is InChI=1S/C16H31NO2/c1-14(2,3)12-11-16(13(18)7-10-19-16)8-9-17(12)15(4,5)6/h12-13,18H,7-11H2,1-6H3. The average molecular weight is 269 g/mol. The normalized spacial score (nSPS) is 38.1. The molecule has 112 valence electrons. The van der Waals surface area contributed by atoms with Crippen molar-refractivity contribution in [2.45, 2.75) is 84.1 Å². The molecule has 0 aromatic heterocycles. The molecule has 0 aliphatic carbocycles. The monoisotopic (exact) mass is 269 g/mol. The van der Waals surface area contributed by atoms with Crippen molar-refractivity contribution in [2.24, 2.45) is 5.41 Å². The Hall–Kier alpha value is -0.120. The molecule has 0 bridgehead atoms. The van der Waals surface area contributed by atoms with Crippen LogP contribution < -0.4 is 0 Å². The lowest BCUT2D eigenvalue weighted by Crippen LogP contribution is -2.62. The van der Waals surface area contributed by atoms with Crippen molar-refractivity contribution in [3.8, 4) is 0 Å². The summed E-state index contributed by atoms with van der Waals surface area (Å²) in [6.45, 7) is 15.5. The van der Waals surface area contributed by atoms with Gasteiger partial charge in [-0.05, 0) is 45.4 Å². The van der Waals surface area contributed by atoms with Gasteiger partial charge in [-0.3, -0.25) is 4.90 Å². The van der Waals surface area contributed by atoms with Gasteiger partial charge in [0.15, 0.2) is 0 Å². The van der Waals surface area contributed by atoms with Crippen molar-refractivity contribution in [3.05, 3.63) is 0 Å². The third-order valence-electron chi connectivity index (χ3n) is 4.94. The zero-order chi connectivity index (χ0) is 14.5. The fourth-order valence-electron chi connectivity index (χ4n) is 3.75. The predicted octanol–water partition coefficient (Wildman–Crippen LogP) is 2.82. The molecule has 2 heterocycles. The van der Waals surface area contributed by atoms with E-state index in [2.05, 4.69) is 46.4 Å². The van der Waals surface area contributed by atoms with Crippen LogP contribution in [0.25, 0.3) is 0 Å². The van der Waals surface area contributed by atoms with E-state index in [1.807, 2.05) is 0 Å². The van der Waals surface area contributed by atoms with Crippen molar-refractivity contribution < 1.29 is 9.84 Å². The molecular weight excluding hydrogens is 238 g/mol. The van der Waals surface area contributed by atoms with Gasteiger partial charge in [-0.25, -0.2) is 0 Å². The van der Waals surface area contributed by atoms with Crippen molar-refractivity contribution in [1.29, 1.82) is 0 Å². The minimum Gasteiger partial charge on any atom is -0.390 e. The van der Waals surface area contributed by atoms with E-state index < -0.39 is 0 Å². The molecule has 0 aromatic carbocycles. The summed E-state index contributed by atoms with van der Waals surface area (Å²) in [7, 11) is 0. The maximum absolute atomic E-state index is 10.3. The third kappa shape index (κ3) is 2.84. The van der Waals surface area contributed by atoms with Crippen LogP contribution in [-0.4, -0.2) is 46.4 Å². The molecule has 1 N–H and O–H groups in total. The second-order valence-corrected chi connectivity index (χ2v) is 8.42. The van der Waals surface area contributed by atoms with Crippen molar-refractivity contribution in [2.75, 3.05) is 13.2 Å². The molecule has 3 atom stereocenters. The highest BCUT2D eigenvalue weighted by molar-refractivity contribution is 5.05. The molecule has 3 nitrogen and oxygen atoms in total. The summed E-state index contributed by atoms with van der Waals surface area (Å²) in [5.41, 5.74) is 0.0924. The van der Waals surface area contributed by atoms with Crippen LogP contribution in [-0.2, 0) is 4.74 Å². The maximum Gasteiger partial charge on any atom is 0.0968 e. The Morgan fingerprint density at radius 2 is 1.79 bits per heavy atom. The number of rotatable bonds is 0. The highest BCUT2D eigenvalue weighted by Crippen LogP contribution is 2.45. The Kier molecular flexibility index (Phi) is 3.79. The van der Waals surface area contributed by atoms with E-state index in [0.717, 1.165) is 25.8 Å². The summed E-state index contributed by atoms with van der Waals surface area (Å²) in [6, 6.07) is 0.453. The molecular formula is C16H31NO2. The molecule has 2 saturated heterocycles. The van der Waals surface area contributed by atoms with Crippen LogP contribution in [0.2, 0.25) is 0 Å². The number of ether oxygens (including phenoxy) is 1. The molecule has 0 aromatic rings. The Morgan fingerprint density at radius 3 is 2.21 bits per heavy atom. The van der Waals surface area contributed by atoms with Gasteiger partial charge in [-0.1, -0.05) is 20.8 Å². The Labute approximate surface area is 118 Å². The van der Waals surface area contributed by atoms with Crippen LogP contribution in [0.15, 0.2) is 0 Å². The van der Waals surface area contributed by atoms with Gasteiger partial charge in [0.1, 0.15) is 0 Å². The predicted molar refractivity (Wildman–Crippen MR) is 78.2 cm³/mol. The Morgan fingerprint density at radius 1 is 1.16 bits per heavy atom. The average Bonchev–Trinajstić information content (AvgIpc) is 2.57. The lowest BCUT2D eigenvalue weighted by molar-refractivity contribution is -0.140. The fraction of sp³-hybridized carbons (Fsp3) is 1.00. The topological polar surface area (TPSA) is 32.7 Å². The number of likely N-dealkylation sites (tertiary alicyclic amines) is 1. The number of aliphatic hydroxyl groups excluding tert-OH is 1. The molecule has 19 heavy (non-hydrogen) atoms. The summed E-state index contributed by atoms with van der Waals surface area (Å²) in [5.74, 6) is 0. The highest BCUT2D eigenvalue weighted by Gasteiger charge is 2.52. The lowest BCUT2D eigenvalue weighted by Gasteiger charge is -2.55. The van der Waals surface area contributed by atoms with E-state index in [-0.39, 0.29) is 22.7 Å². The van der Waals surface area contributed by atoms with Crippen molar-refractivity contribution in [3.63, 3.8) is 0 Å². The number of nitrogens with zero attached hydrogens (tertiary/aromatic N) is 1. The van der Waals surface area contributed by atoms with E-state index >= 15 is 0 Å². The van der Waals surface area contributed by atoms with Crippen LogP contribution in [0.1, 0.15) is 60.8 Å². The van der Waals surface area contributed by atoms with E-state index in [0.29, 0.717) is 12.6 Å². The van der Waals surface area contributed by atoms with Crippen LogP contribution in [0.3, 0.4) is 0 Å². The smallest absolute Gasteiger partial charge is 0.0968 e. The van der Waals surface area contributed by atoms with Crippen LogP contribution >= 0.6 is 0 Å². The maximum atomic E-state index is 10.3. The van der Waals surface area contributed by atoms with Gasteiger partial charge in [0, 0.05) is 18.1 Å². The van der Waals surface area contributed by atoms with Gasteiger partial charge in [0.2, 0.25) is 0 Å². The number of hydrogen-bond donors (Lipinski definition) is 1. The van der Waals surface area contributed by atoms with E-state index in [1.165, 1.54) is 0 Å². The molecule has 1 spiro atoms. The molecule has 0 amide bonds. The summed E-state index contributed by atoms with van der Waals surface area (Å²) >= 11 is 0. The van der Waals surface area contributed by atoms with Gasteiger partial charge >= 0.3 is 0 Å². The first kappa shape index (κ1) is 15.3. The molecule has 2 fully saturated rings. The zero-order valence-corrected chi connectivity index (χ0v) is 13.5. The minimum absolute atomic E-state index is 0.170. The Bertz CT molecular complexity index is 329. The summed E-state index contributed by atoms with van der Waals surface area (Å²) in [4.78, 5) is 2.60. The van der Waals surface area contributed by atoms with Crippen molar-refractivity contribution in [1.82, 2.24) is 4.90 Å². The largest absolute Gasteiger partial charge is 0.390 e. The van der Waals surface area contributed by atoms with Crippen molar-refractivity contribution >= 4 is 0 Å². The molecule has 2 rings (SSSR count). The van der Waals surface area contributed by atoms with Crippen LogP contribution in [0.4, 0.5) is 0 Å². The summed E-state index contributed by atoms with van der Waals surface area (Å²) in [5, 5.41) is 10.3. The molecule has 0 saturated carbocycles. The van der Waals surface area contributed by atoms with E-state index in [1.54, 1.807) is 0 Å². The molecule has 3 unspecified atom stereocenters. The number of aliphatic hydroxyl groups is 1. The van der Waals surface area contributed by atoms with Crippen LogP contribution in [0, 0.1) is 5.41 Å². The zero-order valence-electron chi connectivity index (χ0n) is 13.5. The molecule has 2 aliphatic heterocycles. The summed E-state index contributed by atoms with van der Waals surface area (Å²) in [6.07, 6.45) is 2.43. The first-order valence-electron chi connectivity index (χ1n) is 7.65. The van der Waals surface area contributed by atoms with Gasteiger partial charge in [0.05, 0.1) is 18.3 Å². The van der Waals surface area contributed by atoms with Gasteiger partial charge in [-0.15, -0.1) is 0 Å². The number of hydrogen-bond acceptors (Lipinski definition) is 3. The summed E-state index contributed by atoms with van der Waals surface area (Å²) < 4.78 is 6.00. The van der Waals surface area contributed by atoms with Gasteiger partial charge < -0.3 is 9.84 Å².